The van der Waals surface area contributed by atoms with Crippen LogP contribution in [0.2, 0.25) is 0 Å². The molecule has 0 saturated carbocycles. The van der Waals surface area contributed by atoms with Gasteiger partial charge in [0.05, 0.1) is 5.56 Å². The molecule has 1 aromatic rings. The Kier molecular flexibility index (Phi) is 3.69. The van der Waals surface area contributed by atoms with Gasteiger partial charge in [0.2, 0.25) is 11.8 Å². The van der Waals surface area contributed by atoms with Crippen molar-refractivity contribution >= 4 is 17.5 Å². The van der Waals surface area contributed by atoms with Gasteiger partial charge >= 0.3 is 6.18 Å². The summed E-state index contributed by atoms with van der Waals surface area (Å²) < 4.78 is 37.4. The number of benzene rings is 1. The number of nitrogens with zero attached hydrogens (tertiary/aromatic N) is 1. The highest BCUT2D eigenvalue weighted by molar-refractivity contribution is 6.00. The summed E-state index contributed by atoms with van der Waals surface area (Å²) in [7, 11) is 0. The quantitative estimate of drug-likeness (QED) is 0.857. The Morgan fingerprint density at radius 2 is 1.80 bits per heavy atom. The first-order chi connectivity index (χ1) is 9.29. The predicted molar refractivity (Wildman–Crippen MR) is 66.0 cm³/mol. The molecule has 1 aromatic carbocycles. The molecule has 1 atom stereocenters. The molecule has 0 spiro atoms. The van der Waals surface area contributed by atoms with Crippen molar-refractivity contribution in [1.29, 1.82) is 0 Å². The SMILES string of the molecule is CC1NC(=O)CCN(c2ccc(C(F)(F)F)cc2)C1=O. The van der Waals surface area contributed by atoms with Crippen molar-refractivity contribution < 1.29 is 22.8 Å². The summed E-state index contributed by atoms with van der Waals surface area (Å²) in [6.07, 6.45) is -4.29. The largest absolute Gasteiger partial charge is 0.416 e. The van der Waals surface area contributed by atoms with Gasteiger partial charge < -0.3 is 10.2 Å². The second kappa shape index (κ2) is 5.15. The van der Waals surface area contributed by atoms with Crippen molar-refractivity contribution in [3.8, 4) is 0 Å². The number of hydrogen-bond donors (Lipinski definition) is 1. The number of alkyl halides is 3. The maximum Gasteiger partial charge on any atom is 0.416 e. The van der Waals surface area contributed by atoms with Gasteiger partial charge in [0.15, 0.2) is 0 Å². The van der Waals surface area contributed by atoms with Crippen LogP contribution >= 0.6 is 0 Å². The van der Waals surface area contributed by atoms with E-state index in [0.29, 0.717) is 5.69 Å². The summed E-state index contributed by atoms with van der Waals surface area (Å²) >= 11 is 0. The third-order valence-electron chi connectivity index (χ3n) is 3.08. The van der Waals surface area contributed by atoms with Crippen LogP contribution < -0.4 is 10.2 Å². The Hall–Kier alpha value is -2.05. The van der Waals surface area contributed by atoms with E-state index in [1.54, 1.807) is 6.92 Å². The third kappa shape index (κ3) is 2.92. The van der Waals surface area contributed by atoms with Crippen molar-refractivity contribution in [2.24, 2.45) is 0 Å². The van der Waals surface area contributed by atoms with Crippen LogP contribution in [0.25, 0.3) is 0 Å². The van der Waals surface area contributed by atoms with E-state index in [-0.39, 0.29) is 24.8 Å². The number of anilines is 1. The zero-order valence-electron chi connectivity index (χ0n) is 10.7. The summed E-state index contributed by atoms with van der Waals surface area (Å²) in [4.78, 5) is 24.7. The third-order valence-corrected chi connectivity index (χ3v) is 3.08. The Balaban J connectivity index is 2.26. The first-order valence-electron chi connectivity index (χ1n) is 6.07. The molecule has 0 aromatic heterocycles. The van der Waals surface area contributed by atoms with Gasteiger partial charge in [-0.05, 0) is 31.2 Å². The summed E-state index contributed by atoms with van der Waals surface area (Å²) in [6.45, 7) is 1.70. The molecule has 2 rings (SSSR count). The molecule has 0 bridgehead atoms. The first-order valence-corrected chi connectivity index (χ1v) is 6.07. The minimum atomic E-state index is -4.41. The lowest BCUT2D eigenvalue weighted by atomic mass is 10.1. The Labute approximate surface area is 113 Å². The van der Waals surface area contributed by atoms with Crippen LogP contribution in [-0.4, -0.2) is 24.4 Å². The number of amides is 2. The molecule has 1 N–H and O–H groups in total. The first kappa shape index (κ1) is 14.4. The standard InChI is InChI=1S/C13H13F3N2O2/c1-8-12(20)18(7-6-11(19)17-8)10-4-2-9(3-5-10)13(14,15)16/h2-5,8H,6-7H2,1H3,(H,17,19). The topological polar surface area (TPSA) is 49.4 Å². The lowest BCUT2D eigenvalue weighted by Gasteiger charge is -2.22. The summed E-state index contributed by atoms with van der Waals surface area (Å²) in [5.41, 5.74) is -0.419. The lowest BCUT2D eigenvalue weighted by molar-refractivity contribution is -0.137. The zero-order chi connectivity index (χ0) is 14.9. The van der Waals surface area contributed by atoms with Crippen LogP contribution in [0.5, 0.6) is 0 Å². The minimum absolute atomic E-state index is 0.122. The Bertz CT molecular complexity index is 525. The molecular formula is C13H13F3N2O2. The van der Waals surface area contributed by atoms with E-state index < -0.39 is 17.8 Å². The van der Waals surface area contributed by atoms with Crippen LogP contribution in [0.3, 0.4) is 0 Å². The molecule has 108 valence electrons. The van der Waals surface area contributed by atoms with E-state index >= 15 is 0 Å². The number of carbonyl (C=O) groups is 2. The summed E-state index contributed by atoms with van der Waals surface area (Å²) in [5, 5.41) is 2.52. The lowest BCUT2D eigenvalue weighted by Crippen LogP contribution is -2.42. The van der Waals surface area contributed by atoms with E-state index in [0.717, 1.165) is 12.1 Å². The van der Waals surface area contributed by atoms with Crippen molar-refractivity contribution in [3.63, 3.8) is 0 Å². The summed E-state index contributed by atoms with van der Waals surface area (Å²) in [5.74, 6) is -0.587. The number of carbonyl (C=O) groups excluding carboxylic acids is 2. The van der Waals surface area contributed by atoms with Gasteiger partial charge in [-0.3, -0.25) is 9.59 Å². The molecule has 1 heterocycles. The molecule has 0 aliphatic carbocycles. The molecule has 1 fully saturated rings. The van der Waals surface area contributed by atoms with E-state index in [1.165, 1.54) is 17.0 Å². The van der Waals surface area contributed by atoms with Crippen molar-refractivity contribution in [3.05, 3.63) is 29.8 Å². The van der Waals surface area contributed by atoms with Crippen molar-refractivity contribution in [1.82, 2.24) is 5.32 Å². The molecule has 1 unspecified atom stereocenters. The number of hydrogen-bond acceptors (Lipinski definition) is 2. The van der Waals surface area contributed by atoms with E-state index in [2.05, 4.69) is 5.32 Å². The average Bonchev–Trinajstić information content (AvgIpc) is 2.49. The van der Waals surface area contributed by atoms with Gasteiger partial charge in [-0.2, -0.15) is 13.2 Å². The number of rotatable bonds is 1. The normalized spacial score (nSPS) is 20.6. The maximum atomic E-state index is 12.5. The predicted octanol–water partition coefficient (Wildman–Crippen LogP) is 1.95. The molecule has 2 amide bonds. The van der Waals surface area contributed by atoms with Crippen LogP contribution in [0.4, 0.5) is 18.9 Å². The van der Waals surface area contributed by atoms with Crippen LogP contribution in [-0.2, 0) is 15.8 Å². The fourth-order valence-electron chi connectivity index (χ4n) is 2.02. The van der Waals surface area contributed by atoms with Crippen LogP contribution in [0, 0.1) is 0 Å². The van der Waals surface area contributed by atoms with E-state index in [1.807, 2.05) is 0 Å². The molecule has 1 saturated heterocycles. The van der Waals surface area contributed by atoms with Gasteiger partial charge in [-0.1, -0.05) is 0 Å². The molecule has 7 heteroatoms. The van der Waals surface area contributed by atoms with Gasteiger partial charge in [-0.25, -0.2) is 0 Å². The zero-order valence-corrected chi connectivity index (χ0v) is 10.7. The molecule has 1 aliphatic rings. The Morgan fingerprint density at radius 3 is 2.35 bits per heavy atom. The maximum absolute atomic E-state index is 12.5. The highest BCUT2D eigenvalue weighted by Crippen LogP contribution is 2.30. The minimum Gasteiger partial charge on any atom is -0.345 e. The number of halogens is 3. The van der Waals surface area contributed by atoms with Gasteiger partial charge in [-0.15, -0.1) is 0 Å². The van der Waals surface area contributed by atoms with Gasteiger partial charge in [0.25, 0.3) is 0 Å². The fraction of sp³-hybridized carbons (Fsp3) is 0.385. The smallest absolute Gasteiger partial charge is 0.345 e. The molecule has 1 aliphatic heterocycles. The molecule has 4 nitrogen and oxygen atoms in total. The molecule has 0 radical (unpaired) electrons. The fourth-order valence-corrected chi connectivity index (χ4v) is 2.02. The highest BCUT2D eigenvalue weighted by atomic mass is 19.4. The highest BCUT2D eigenvalue weighted by Gasteiger charge is 2.31. The van der Waals surface area contributed by atoms with Crippen LogP contribution in [0.1, 0.15) is 18.9 Å². The monoisotopic (exact) mass is 286 g/mol. The van der Waals surface area contributed by atoms with E-state index in [9.17, 15) is 22.8 Å². The van der Waals surface area contributed by atoms with E-state index in [4.69, 9.17) is 0 Å². The Morgan fingerprint density at radius 1 is 1.20 bits per heavy atom. The van der Waals surface area contributed by atoms with Crippen LogP contribution in [0.15, 0.2) is 24.3 Å². The molecule has 20 heavy (non-hydrogen) atoms. The van der Waals surface area contributed by atoms with Crippen molar-refractivity contribution in [2.45, 2.75) is 25.6 Å². The number of nitrogens with one attached hydrogen (secondary N) is 1. The second-order valence-electron chi connectivity index (χ2n) is 4.57. The molecular weight excluding hydrogens is 273 g/mol. The average molecular weight is 286 g/mol. The van der Waals surface area contributed by atoms with Crippen molar-refractivity contribution in [2.75, 3.05) is 11.4 Å². The summed E-state index contributed by atoms with van der Waals surface area (Å²) in [6, 6.07) is 3.64. The second-order valence-corrected chi connectivity index (χ2v) is 4.57. The van der Waals surface area contributed by atoms with Gasteiger partial charge in [0.1, 0.15) is 6.04 Å². The van der Waals surface area contributed by atoms with Gasteiger partial charge in [0, 0.05) is 18.7 Å².